The van der Waals surface area contributed by atoms with Crippen LogP contribution in [-0.2, 0) is 14.3 Å². The SMILES string of the molecule is CC1=C(C(=O)OCCOc2ccccc2)C(c2ccc(C)s2)C2=C(CCCC2=O)N1. The number of hydrogen-bond acceptors (Lipinski definition) is 6. The molecule has 2 aromatic rings. The Kier molecular flexibility index (Phi) is 6.04. The monoisotopic (exact) mass is 423 g/mol. The molecule has 0 saturated carbocycles. The van der Waals surface area contributed by atoms with Crippen LogP contribution in [0, 0.1) is 6.92 Å². The summed E-state index contributed by atoms with van der Waals surface area (Å²) in [7, 11) is 0. The molecule has 1 aliphatic heterocycles. The largest absolute Gasteiger partial charge is 0.490 e. The van der Waals surface area contributed by atoms with Gasteiger partial charge in [-0.25, -0.2) is 4.79 Å². The van der Waals surface area contributed by atoms with Crippen LogP contribution in [0.1, 0.15) is 41.9 Å². The summed E-state index contributed by atoms with van der Waals surface area (Å²) in [4.78, 5) is 28.1. The lowest BCUT2D eigenvalue weighted by Crippen LogP contribution is -2.34. The van der Waals surface area contributed by atoms with Crippen molar-refractivity contribution in [3.05, 3.63) is 74.8 Å². The molecular weight excluding hydrogens is 398 g/mol. The average Bonchev–Trinajstić information content (AvgIpc) is 3.17. The molecule has 0 bridgehead atoms. The number of dihydropyridines is 1. The molecule has 1 N–H and O–H groups in total. The van der Waals surface area contributed by atoms with Crippen molar-refractivity contribution >= 4 is 23.1 Å². The van der Waals surface area contributed by atoms with E-state index >= 15 is 0 Å². The maximum atomic E-state index is 13.1. The number of benzene rings is 1. The minimum Gasteiger partial charge on any atom is -0.490 e. The van der Waals surface area contributed by atoms with E-state index in [2.05, 4.69) is 5.32 Å². The first kappa shape index (κ1) is 20.4. The van der Waals surface area contributed by atoms with Gasteiger partial charge in [-0.1, -0.05) is 18.2 Å². The second-order valence-corrected chi connectivity index (χ2v) is 8.83. The highest BCUT2D eigenvalue weighted by molar-refractivity contribution is 7.12. The molecule has 0 saturated heterocycles. The van der Waals surface area contributed by atoms with Gasteiger partial charge in [-0.2, -0.15) is 0 Å². The number of carbonyl (C=O) groups excluding carboxylic acids is 2. The minimum absolute atomic E-state index is 0.116. The van der Waals surface area contributed by atoms with Crippen LogP contribution >= 0.6 is 11.3 Å². The van der Waals surface area contributed by atoms with Gasteiger partial charge in [0, 0.05) is 33.1 Å². The van der Waals surface area contributed by atoms with Crippen molar-refractivity contribution in [1.29, 1.82) is 0 Å². The Balaban J connectivity index is 1.54. The summed E-state index contributed by atoms with van der Waals surface area (Å²) in [5.41, 5.74) is 2.95. The van der Waals surface area contributed by atoms with Gasteiger partial charge in [0.1, 0.15) is 19.0 Å². The number of esters is 1. The maximum absolute atomic E-state index is 13.1. The Morgan fingerprint density at radius 3 is 2.63 bits per heavy atom. The minimum atomic E-state index is -0.405. The standard InChI is InChI=1S/C24H25NO4S/c1-15-11-12-20(30-15)23-21(16(2)25-18-9-6-10-19(26)22(18)23)24(27)29-14-13-28-17-7-4-3-5-8-17/h3-5,7-8,11-12,23,25H,6,9-10,13-14H2,1-2H3. The van der Waals surface area contributed by atoms with Crippen LogP contribution in [0.5, 0.6) is 5.75 Å². The second kappa shape index (κ2) is 8.88. The number of ether oxygens (including phenoxy) is 2. The molecule has 1 aromatic heterocycles. The molecule has 0 amide bonds. The maximum Gasteiger partial charge on any atom is 0.336 e. The van der Waals surface area contributed by atoms with Crippen molar-refractivity contribution in [2.75, 3.05) is 13.2 Å². The van der Waals surface area contributed by atoms with Crippen LogP contribution < -0.4 is 10.1 Å². The van der Waals surface area contributed by atoms with E-state index < -0.39 is 5.97 Å². The molecule has 0 radical (unpaired) electrons. The molecule has 6 heteroatoms. The number of nitrogens with one attached hydrogen (secondary N) is 1. The molecule has 1 aromatic carbocycles. The van der Waals surface area contributed by atoms with Crippen molar-refractivity contribution in [3.63, 3.8) is 0 Å². The zero-order chi connectivity index (χ0) is 21.1. The molecule has 1 unspecified atom stereocenters. The number of Topliss-reactive ketones (excluding diaryl/α,β-unsaturated/α-hetero) is 1. The Morgan fingerprint density at radius 1 is 1.10 bits per heavy atom. The predicted molar refractivity (Wildman–Crippen MR) is 116 cm³/mol. The highest BCUT2D eigenvalue weighted by Gasteiger charge is 2.39. The van der Waals surface area contributed by atoms with Gasteiger partial charge in [-0.05, 0) is 51.0 Å². The topological polar surface area (TPSA) is 64.6 Å². The van der Waals surface area contributed by atoms with E-state index in [-0.39, 0.29) is 24.9 Å². The van der Waals surface area contributed by atoms with Gasteiger partial charge in [-0.15, -0.1) is 11.3 Å². The average molecular weight is 424 g/mol. The van der Waals surface area contributed by atoms with Crippen molar-refractivity contribution in [2.24, 2.45) is 0 Å². The summed E-state index contributed by atoms with van der Waals surface area (Å²) < 4.78 is 11.2. The van der Waals surface area contributed by atoms with E-state index in [0.717, 1.165) is 45.3 Å². The van der Waals surface area contributed by atoms with Gasteiger partial charge in [0.15, 0.2) is 5.78 Å². The molecule has 1 aliphatic carbocycles. The molecule has 2 aliphatic rings. The van der Waals surface area contributed by atoms with E-state index in [0.29, 0.717) is 12.0 Å². The summed E-state index contributed by atoms with van der Waals surface area (Å²) in [6, 6.07) is 13.5. The number of allylic oxidation sites excluding steroid dienone is 3. The van der Waals surface area contributed by atoms with Crippen molar-refractivity contribution in [1.82, 2.24) is 5.32 Å². The third-order valence-electron chi connectivity index (χ3n) is 5.37. The number of ketones is 1. The van der Waals surface area contributed by atoms with Crippen LogP contribution in [-0.4, -0.2) is 25.0 Å². The molecular formula is C24H25NO4S. The first-order valence-corrected chi connectivity index (χ1v) is 11.0. The highest BCUT2D eigenvalue weighted by atomic mass is 32.1. The quantitative estimate of drug-likeness (QED) is 0.541. The zero-order valence-electron chi connectivity index (χ0n) is 17.2. The normalized spacial score (nSPS) is 18.7. The van der Waals surface area contributed by atoms with Crippen LogP contribution in [0.15, 0.2) is 65.0 Å². The zero-order valence-corrected chi connectivity index (χ0v) is 18.0. The van der Waals surface area contributed by atoms with Crippen molar-refractivity contribution in [3.8, 4) is 5.75 Å². The van der Waals surface area contributed by atoms with Crippen molar-refractivity contribution < 1.29 is 19.1 Å². The van der Waals surface area contributed by atoms with Gasteiger partial charge in [0.2, 0.25) is 0 Å². The smallest absolute Gasteiger partial charge is 0.336 e. The molecule has 30 heavy (non-hydrogen) atoms. The van der Waals surface area contributed by atoms with Crippen LogP contribution in [0.2, 0.25) is 0 Å². The van der Waals surface area contributed by atoms with Gasteiger partial charge >= 0.3 is 5.97 Å². The summed E-state index contributed by atoms with van der Waals surface area (Å²) in [5.74, 6) is 0.0794. The number of carbonyl (C=O) groups is 2. The highest BCUT2D eigenvalue weighted by Crippen LogP contribution is 2.44. The molecule has 1 atom stereocenters. The molecule has 156 valence electrons. The second-order valence-electron chi connectivity index (χ2n) is 7.51. The van der Waals surface area contributed by atoms with Gasteiger partial charge < -0.3 is 14.8 Å². The van der Waals surface area contributed by atoms with E-state index in [1.807, 2.05) is 56.3 Å². The van der Waals surface area contributed by atoms with Gasteiger partial charge in [-0.3, -0.25) is 4.79 Å². The number of para-hydroxylation sites is 1. The van der Waals surface area contributed by atoms with Gasteiger partial charge in [0.25, 0.3) is 0 Å². The Hall–Kier alpha value is -2.86. The van der Waals surface area contributed by atoms with E-state index in [1.165, 1.54) is 0 Å². The summed E-state index contributed by atoms with van der Waals surface area (Å²) >= 11 is 1.62. The summed E-state index contributed by atoms with van der Waals surface area (Å²) in [6.07, 6.45) is 2.19. The molecule has 2 heterocycles. The lowest BCUT2D eigenvalue weighted by molar-refractivity contribution is -0.140. The molecule has 0 spiro atoms. The first-order valence-electron chi connectivity index (χ1n) is 10.2. The molecule has 5 nitrogen and oxygen atoms in total. The molecule has 4 rings (SSSR count). The summed E-state index contributed by atoms with van der Waals surface area (Å²) in [6.45, 7) is 4.32. The lowest BCUT2D eigenvalue weighted by Gasteiger charge is -2.33. The predicted octanol–water partition coefficient (Wildman–Crippen LogP) is 4.65. The Labute approximate surface area is 180 Å². The fraction of sp³-hybridized carbons (Fsp3) is 0.333. The van der Waals surface area contributed by atoms with Crippen LogP contribution in [0.3, 0.4) is 0 Å². The van der Waals surface area contributed by atoms with E-state index in [4.69, 9.17) is 9.47 Å². The lowest BCUT2D eigenvalue weighted by atomic mass is 9.78. The van der Waals surface area contributed by atoms with Crippen molar-refractivity contribution in [2.45, 2.75) is 39.0 Å². The molecule has 0 fully saturated rings. The van der Waals surface area contributed by atoms with Crippen LogP contribution in [0.4, 0.5) is 0 Å². The van der Waals surface area contributed by atoms with Crippen LogP contribution in [0.25, 0.3) is 0 Å². The number of rotatable bonds is 6. The summed E-state index contributed by atoms with van der Waals surface area (Å²) in [5, 5.41) is 3.31. The fourth-order valence-corrected chi connectivity index (χ4v) is 5.03. The third-order valence-corrected chi connectivity index (χ3v) is 6.44. The van der Waals surface area contributed by atoms with Gasteiger partial charge in [0.05, 0.1) is 11.5 Å². The Morgan fingerprint density at radius 2 is 1.90 bits per heavy atom. The first-order chi connectivity index (χ1) is 14.5. The van der Waals surface area contributed by atoms with E-state index in [9.17, 15) is 9.59 Å². The Bertz CT molecular complexity index is 1020. The fourth-order valence-electron chi connectivity index (χ4n) is 4.04. The third kappa shape index (κ3) is 4.19. The number of aryl methyl sites for hydroxylation is 1. The van der Waals surface area contributed by atoms with E-state index in [1.54, 1.807) is 11.3 Å². The number of thiophene rings is 1. The number of hydrogen-bond donors (Lipinski definition) is 1.